The van der Waals surface area contributed by atoms with Gasteiger partial charge in [0.05, 0.1) is 5.69 Å². The van der Waals surface area contributed by atoms with Crippen LogP contribution in [0.15, 0.2) is 24.3 Å². The SMILES string of the molecule is CNc1nc(N)n(-c2ccccc2C)n1. The molecule has 0 aliphatic rings. The van der Waals surface area contributed by atoms with Gasteiger partial charge in [-0.1, -0.05) is 18.2 Å². The molecule has 78 valence electrons. The zero-order valence-electron chi connectivity index (χ0n) is 8.73. The summed E-state index contributed by atoms with van der Waals surface area (Å²) in [5.74, 6) is 0.907. The standard InChI is InChI=1S/C10H13N5/c1-7-5-3-4-6-8(7)15-9(11)13-10(12-2)14-15/h3-6H,1-2H3,(H3,11,12,13,14). The molecule has 0 spiro atoms. The van der Waals surface area contributed by atoms with Crippen LogP contribution < -0.4 is 11.1 Å². The molecule has 1 heterocycles. The summed E-state index contributed by atoms with van der Waals surface area (Å²) in [4.78, 5) is 4.07. The molecule has 1 aromatic carbocycles. The van der Waals surface area contributed by atoms with Crippen molar-refractivity contribution in [2.75, 3.05) is 18.1 Å². The molecule has 0 saturated heterocycles. The molecule has 0 aliphatic carbocycles. The number of hydrogen-bond donors (Lipinski definition) is 2. The van der Waals surface area contributed by atoms with Crippen LogP contribution in [0, 0.1) is 6.92 Å². The van der Waals surface area contributed by atoms with Crippen molar-refractivity contribution in [2.24, 2.45) is 0 Å². The molecule has 0 fully saturated rings. The zero-order chi connectivity index (χ0) is 10.8. The van der Waals surface area contributed by atoms with E-state index in [0.717, 1.165) is 11.3 Å². The van der Waals surface area contributed by atoms with Crippen molar-refractivity contribution in [2.45, 2.75) is 6.92 Å². The van der Waals surface area contributed by atoms with Crippen LogP contribution in [0.4, 0.5) is 11.9 Å². The van der Waals surface area contributed by atoms with Gasteiger partial charge in [-0.2, -0.15) is 9.67 Å². The molecule has 0 amide bonds. The number of hydrogen-bond acceptors (Lipinski definition) is 4. The minimum absolute atomic E-state index is 0.383. The Labute approximate surface area is 87.9 Å². The smallest absolute Gasteiger partial charge is 0.244 e. The third-order valence-electron chi connectivity index (χ3n) is 2.20. The lowest BCUT2D eigenvalue weighted by molar-refractivity contribution is 0.885. The third-order valence-corrected chi connectivity index (χ3v) is 2.20. The van der Waals surface area contributed by atoms with E-state index in [1.165, 1.54) is 0 Å². The van der Waals surface area contributed by atoms with Crippen molar-refractivity contribution >= 4 is 11.9 Å². The van der Waals surface area contributed by atoms with Crippen molar-refractivity contribution in [3.63, 3.8) is 0 Å². The predicted octanol–water partition coefficient (Wildman–Crippen LogP) is 1.20. The van der Waals surface area contributed by atoms with E-state index >= 15 is 0 Å². The maximum absolute atomic E-state index is 5.77. The first-order chi connectivity index (χ1) is 7.22. The second-order valence-corrected chi connectivity index (χ2v) is 3.24. The first-order valence-electron chi connectivity index (χ1n) is 4.68. The van der Waals surface area contributed by atoms with E-state index in [2.05, 4.69) is 15.4 Å². The summed E-state index contributed by atoms with van der Waals surface area (Å²) in [7, 11) is 1.76. The number of benzene rings is 1. The number of aryl methyl sites for hydroxylation is 1. The first kappa shape index (κ1) is 9.51. The number of nitrogens with one attached hydrogen (secondary N) is 1. The highest BCUT2D eigenvalue weighted by Gasteiger charge is 2.08. The molecule has 15 heavy (non-hydrogen) atoms. The maximum Gasteiger partial charge on any atom is 0.244 e. The van der Waals surface area contributed by atoms with Crippen molar-refractivity contribution < 1.29 is 0 Å². The van der Waals surface area contributed by atoms with Crippen LogP contribution in [0.25, 0.3) is 5.69 Å². The normalized spacial score (nSPS) is 10.3. The second kappa shape index (κ2) is 3.61. The van der Waals surface area contributed by atoms with Crippen LogP contribution in [0.2, 0.25) is 0 Å². The third kappa shape index (κ3) is 1.63. The molecule has 5 heteroatoms. The van der Waals surface area contributed by atoms with E-state index in [-0.39, 0.29) is 0 Å². The van der Waals surface area contributed by atoms with Gasteiger partial charge in [0.15, 0.2) is 0 Å². The molecule has 0 saturated carbocycles. The molecule has 1 aromatic heterocycles. The van der Waals surface area contributed by atoms with Gasteiger partial charge in [-0.25, -0.2) is 0 Å². The molecule has 5 nitrogen and oxygen atoms in total. The molecule has 0 atom stereocenters. The Hall–Kier alpha value is -2.04. The summed E-state index contributed by atoms with van der Waals surface area (Å²) in [6.07, 6.45) is 0. The van der Waals surface area contributed by atoms with Crippen LogP contribution >= 0.6 is 0 Å². The monoisotopic (exact) mass is 203 g/mol. The van der Waals surface area contributed by atoms with Gasteiger partial charge >= 0.3 is 0 Å². The van der Waals surface area contributed by atoms with Gasteiger partial charge in [-0.15, -0.1) is 5.10 Å². The topological polar surface area (TPSA) is 68.8 Å². The summed E-state index contributed by atoms with van der Waals surface area (Å²) in [6.45, 7) is 2.01. The van der Waals surface area contributed by atoms with Crippen LogP contribution in [0.5, 0.6) is 0 Å². The van der Waals surface area contributed by atoms with E-state index in [1.807, 2.05) is 31.2 Å². The first-order valence-corrected chi connectivity index (χ1v) is 4.68. The Balaban J connectivity index is 2.54. The van der Waals surface area contributed by atoms with Crippen molar-refractivity contribution in [3.05, 3.63) is 29.8 Å². The maximum atomic E-state index is 5.77. The number of aromatic nitrogens is 3. The minimum Gasteiger partial charge on any atom is -0.368 e. The van der Waals surface area contributed by atoms with Crippen LogP contribution in [0.3, 0.4) is 0 Å². The van der Waals surface area contributed by atoms with Crippen LogP contribution in [-0.4, -0.2) is 21.8 Å². The summed E-state index contributed by atoms with van der Waals surface area (Å²) < 4.78 is 1.63. The summed E-state index contributed by atoms with van der Waals surface area (Å²) in [6, 6.07) is 7.89. The van der Waals surface area contributed by atoms with Gasteiger partial charge in [0, 0.05) is 7.05 Å². The Morgan fingerprint density at radius 1 is 1.33 bits per heavy atom. The van der Waals surface area contributed by atoms with Crippen LogP contribution in [0.1, 0.15) is 5.56 Å². The van der Waals surface area contributed by atoms with E-state index in [1.54, 1.807) is 11.7 Å². The van der Waals surface area contributed by atoms with Gasteiger partial charge < -0.3 is 11.1 Å². The molecule has 0 unspecified atom stereocenters. The molecule has 3 N–H and O–H groups in total. The van der Waals surface area contributed by atoms with Gasteiger partial charge in [0.25, 0.3) is 0 Å². The number of nitrogens with two attached hydrogens (primary N) is 1. The Bertz CT molecular complexity index is 474. The van der Waals surface area contributed by atoms with E-state index in [9.17, 15) is 0 Å². The second-order valence-electron chi connectivity index (χ2n) is 3.24. The number of rotatable bonds is 2. The van der Waals surface area contributed by atoms with Crippen LogP contribution in [-0.2, 0) is 0 Å². The molecule has 0 aliphatic heterocycles. The van der Waals surface area contributed by atoms with Crippen molar-refractivity contribution in [1.82, 2.24) is 14.8 Å². The Morgan fingerprint density at radius 3 is 2.67 bits per heavy atom. The molecule has 2 aromatic rings. The predicted molar refractivity (Wildman–Crippen MR) is 60.1 cm³/mol. The quantitative estimate of drug-likeness (QED) is 0.769. The van der Waals surface area contributed by atoms with Gasteiger partial charge in [0.2, 0.25) is 11.9 Å². The highest BCUT2D eigenvalue weighted by Crippen LogP contribution is 2.16. The number of anilines is 2. The average Bonchev–Trinajstić information content (AvgIpc) is 2.60. The Kier molecular flexibility index (Phi) is 2.29. The largest absolute Gasteiger partial charge is 0.368 e. The molecular formula is C10H13N5. The zero-order valence-corrected chi connectivity index (χ0v) is 8.73. The van der Waals surface area contributed by atoms with E-state index in [4.69, 9.17) is 5.73 Å². The summed E-state index contributed by atoms with van der Waals surface area (Å²) >= 11 is 0. The molecule has 0 radical (unpaired) electrons. The van der Waals surface area contributed by atoms with Gasteiger partial charge in [-0.3, -0.25) is 0 Å². The van der Waals surface area contributed by atoms with Gasteiger partial charge in [-0.05, 0) is 18.6 Å². The highest BCUT2D eigenvalue weighted by atomic mass is 15.4. The summed E-state index contributed by atoms with van der Waals surface area (Å²) in [5, 5.41) is 7.08. The lowest BCUT2D eigenvalue weighted by Crippen LogP contribution is -2.04. The fourth-order valence-electron chi connectivity index (χ4n) is 1.41. The fraction of sp³-hybridized carbons (Fsp3) is 0.200. The van der Waals surface area contributed by atoms with Gasteiger partial charge in [0.1, 0.15) is 0 Å². The minimum atomic E-state index is 0.383. The fourth-order valence-corrected chi connectivity index (χ4v) is 1.41. The summed E-state index contributed by atoms with van der Waals surface area (Å²) in [5.41, 5.74) is 7.82. The van der Waals surface area contributed by atoms with E-state index < -0.39 is 0 Å². The number of para-hydroxylation sites is 1. The van der Waals surface area contributed by atoms with Crippen molar-refractivity contribution in [3.8, 4) is 5.69 Å². The number of nitrogens with zero attached hydrogens (tertiary/aromatic N) is 3. The highest BCUT2D eigenvalue weighted by molar-refractivity contribution is 5.45. The Morgan fingerprint density at radius 2 is 2.07 bits per heavy atom. The lowest BCUT2D eigenvalue weighted by atomic mass is 10.2. The molecule has 2 rings (SSSR count). The molecule has 0 bridgehead atoms. The lowest BCUT2D eigenvalue weighted by Gasteiger charge is -2.05. The number of nitrogen functional groups attached to an aromatic ring is 1. The van der Waals surface area contributed by atoms with E-state index in [0.29, 0.717) is 11.9 Å². The average molecular weight is 203 g/mol. The van der Waals surface area contributed by atoms with Crippen molar-refractivity contribution in [1.29, 1.82) is 0 Å². The molecular weight excluding hydrogens is 190 g/mol.